The molecule has 1 aromatic carbocycles. The third-order valence-corrected chi connectivity index (χ3v) is 7.67. The first-order valence-electron chi connectivity index (χ1n) is 10.3. The lowest BCUT2D eigenvalue weighted by molar-refractivity contribution is 0.0992. The monoisotopic (exact) mass is 406 g/mol. The van der Waals surface area contributed by atoms with E-state index in [0.29, 0.717) is 12.0 Å². The average Bonchev–Trinajstić information content (AvgIpc) is 2.66. The number of benzene rings is 1. The van der Waals surface area contributed by atoms with Crippen molar-refractivity contribution in [3.05, 3.63) is 34.9 Å². The van der Waals surface area contributed by atoms with Gasteiger partial charge in [-0.3, -0.25) is 9.69 Å². The lowest BCUT2D eigenvalue weighted by atomic mass is 9.83. The van der Waals surface area contributed by atoms with Gasteiger partial charge in [-0.25, -0.2) is 8.42 Å². The number of hydrogen-bond donors (Lipinski definition) is 2. The molecule has 1 radical (unpaired) electrons. The van der Waals surface area contributed by atoms with Gasteiger partial charge in [0.15, 0.2) is 9.84 Å². The van der Waals surface area contributed by atoms with Crippen LogP contribution in [-0.2, 0) is 22.7 Å². The fourth-order valence-corrected chi connectivity index (χ4v) is 6.72. The minimum Gasteiger partial charge on any atom is -0.366 e. The van der Waals surface area contributed by atoms with Crippen LogP contribution in [-0.4, -0.2) is 56.5 Å². The van der Waals surface area contributed by atoms with Gasteiger partial charge in [-0.2, -0.15) is 0 Å². The van der Waals surface area contributed by atoms with Crippen molar-refractivity contribution >= 4 is 15.7 Å². The standard InChI is InChI=1S/C21H32N3O3S/c1-3-13-24(21(28(2,26)27)16-9-11-23-12-10-16)17-8-7-15-5-4-6-18(20(22)25)19(15)14-17/h4-5,16-17,21,23H,3,7-14H2,1-2H3,(H2,22,25). The highest BCUT2D eigenvalue weighted by molar-refractivity contribution is 7.91. The molecule has 1 heterocycles. The number of aryl methyl sites for hydroxylation is 1. The molecular formula is C21H32N3O3S. The zero-order valence-corrected chi connectivity index (χ0v) is 17.7. The number of fused-ring (bicyclic) bond motifs is 1. The Kier molecular flexibility index (Phi) is 6.78. The highest BCUT2D eigenvalue weighted by atomic mass is 32.2. The zero-order chi connectivity index (χ0) is 20.3. The predicted molar refractivity (Wildman–Crippen MR) is 111 cm³/mol. The number of primary amides is 1. The summed E-state index contributed by atoms with van der Waals surface area (Å²) >= 11 is 0. The van der Waals surface area contributed by atoms with Crippen molar-refractivity contribution < 1.29 is 13.2 Å². The Morgan fingerprint density at radius 2 is 2.07 bits per heavy atom. The van der Waals surface area contributed by atoms with Crippen molar-refractivity contribution in [3.8, 4) is 0 Å². The van der Waals surface area contributed by atoms with Crippen molar-refractivity contribution in [1.29, 1.82) is 0 Å². The van der Waals surface area contributed by atoms with E-state index in [-0.39, 0.29) is 12.0 Å². The van der Waals surface area contributed by atoms with Crippen LogP contribution < -0.4 is 11.1 Å². The summed E-state index contributed by atoms with van der Waals surface area (Å²) in [6, 6.07) is 6.85. The van der Waals surface area contributed by atoms with E-state index in [0.717, 1.165) is 62.9 Å². The molecule has 2 unspecified atom stereocenters. The van der Waals surface area contributed by atoms with Gasteiger partial charge in [0.25, 0.3) is 0 Å². The fraction of sp³-hybridized carbons (Fsp3) is 0.667. The topological polar surface area (TPSA) is 92.5 Å². The number of carbonyl (C=O) groups excluding carboxylic acids is 1. The molecule has 1 saturated heterocycles. The number of piperidine rings is 1. The largest absolute Gasteiger partial charge is 0.366 e. The summed E-state index contributed by atoms with van der Waals surface area (Å²) in [5, 5.41) is 2.87. The van der Waals surface area contributed by atoms with Crippen LogP contribution in [0, 0.1) is 12.0 Å². The van der Waals surface area contributed by atoms with Gasteiger partial charge in [0.1, 0.15) is 5.37 Å². The summed E-state index contributed by atoms with van der Waals surface area (Å²) in [4.78, 5) is 14.1. The Bertz CT molecular complexity index is 803. The third-order valence-electron chi connectivity index (χ3n) is 6.14. The van der Waals surface area contributed by atoms with E-state index in [2.05, 4.69) is 23.2 Å². The first kappa shape index (κ1) is 21.3. The Balaban J connectivity index is 1.94. The highest BCUT2D eigenvalue weighted by Crippen LogP contribution is 2.33. The van der Waals surface area contributed by atoms with Crippen LogP contribution in [0.2, 0.25) is 0 Å². The van der Waals surface area contributed by atoms with Gasteiger partial charge in [0.2, 0.25) is 5.91 Å². The third kappa shape index (κ3) is 4.58. The van der Waals surface area contributed by atoms with Gasteiger partial charge >= 0.3 is 0 Å². The Morgan fingerprint density at radius 1 is 1.36 bits per heavy atom. The molecule has 1 aliphatic heterocycles. The molecule has 155 valence electrons. The summed E-state index contributed by atoms with van der Waals surface area (Å²) in [5.41, 5.74) is 8.12. The number of nitrogens with zero attached hydrogens (tertiary/aromatic N) is 1. The molecule has 0 aromatic heterocycles. The normalized spacial score (nSPS) is 22.0. The molecule has 3 rings (SSSR count). The van der Waals surface area contributed by atoms with Crippen molar-refractivity contribution in [2.24, 2.45) is 11.7 Å². The highest BCUT2D eigenvalue weighted by Gasteiger charge is 2.40. The van der Waals surface area contributed by atoms with Gasteiger partial charge in [0, 0.05) is 12.3 Å². The summed E-state index contributed by atoms with van der Waals surface area (Å²) in [7, 11) is -3.24. The van der Waals surface area contributed by atoms with Gasteiger partial charge < -0.3 is 11.1 Å². The van der Waals surface area contributed by atoms with Crippen LogP contribution in [0.25, 0.3) is 0 Å². The van der Waals surface area contributed by atoms with Crippen LogP contribution in [0.4, 0.5) is 0 Å². The van der Waals surface area contributed by atoms with E-state index in [1.165, 1.54) is 6.26 Å². The first-order valence-corrected chi connectivity index (χ1v) is 12.3. The fourth-order valence-electron chi connectivity index (χ4n) is 4.98. The van der Waals surface area contributed by atoms with Crippen LogP contribution in [0.1, 0.15) is 54.1 Å². The second-order valence-electron chi connectivity index (χ2n) is 8.16. The number of carbonyl (C=O) groups is 1. The maximum atomic E-state index is 12.9. The molecule has 2 atom stereocenters. The summed E-state index contributed by atoms with van der Waals surface area (Å²) < 4.78 is 25.7. The summed E-state index contributed by atoms with van der Waals surface area (Å²) in [6.45, 7) is 4.56. The van der Waals surface area contributed by atoms with E-state index in [9.17, 15) is 13.2 Å². The molecule has 0 saturated carbocycles. The second-order valence-corrected chi connectivity index (χ2v) is 10.3. The van der Waals surface area contributed by atoms with Gasteiger partial charge in [-0.05, 0) is 81.3 Å². The van der Waals surface area contributed by atoms with Crippen LogP contribution in [0.15, 0.2) is 12.1 Å². The minimum absolute atomic E-state index is 0.0935. The Labute approximate surface area is 168 Å². The smallest absolute Gasteiger partial charge is 0.249 e. The molecule has 2 aliphatic rings. The maximum Gasteiger partial charge on any atom is 0.249 e. The molecule has 1 aliphatic carbocycles. The number of hydrogen-bond acceptors (Lipinski definition) is 5. The summed E-state index contributed by atoms with van der Waals surface area (Å²) in [6.07, 6.45) is 6.40. The Hall–Kier alpha value is -1.44. The molecule has 3 N–H and O–H groups in total. The van der Waals surface area contributed by atoms with Crippen molar-refractivity contribution in [2.75, 3.05) is 25.9 Å². The summed E-state index contributed by atoms with van der Waals surface area (Å²) in [5.74, 6) is -0.320. The number of sulfone groups is 1. The molecule has 6 nitrogen and oxygen atoms in total. The Morgan fingerprint density at radius 3 is 2.68 bits per heavy atom. The molecule has 1 aromatic rings. The van der Waals surface area contributed by atoms with Gasteiger partial charge in [-0.15, -0.1) is 0 Å². The predicted octanol–water partition coefficient (Wildman–Crippen LogP) is 1.53. The van der Waals surface area contributed by atoms with Crippen LogP contribution in [0.5, 0.6) is 0 Å². The second kappa shape index (κ2) is 8.93. The van der Waals surface area contributed by atoms with E-state index in [1.807, 2.05) is 6.07 Å². The first-order chi connectivity index (χ1) is 13.3. The SMILES string of the molecule is CCCN(C1CCc2cc[c]c(C(N)=O)c2C1)C(C1CCNCC1)S(C)(=O)=O. The van der Waals surface area contributed by atoms with Gasteiger partial charge in [-0.1, -0.05) is 19.1 Å². The van der Waals surface area contributed by atoms with Crippen molar-refractivity contribution in [1.82, 2.24) is 10.2 Å². The van der Waals surface area contributed by atoms with Crippen molar-refractivity contribution in [3.63, 3.8) is 0 Å². The number of rotatable bonds is 7. The molecular weight excluding hydrogens is 374 g/mol. The molecule has 0 spiro atoms. The maximum absolute atomic E-state index is 12.9. The molecule has 7 heteroatoms. The number of amides is 1. The molecule has 1 amide bonds. The van der Waals surface area contributed by atoms with Crippen LogP contribution in [0.3, 0.4) is 0 Å². The van der Waals surface area contributed by atoms with Gasteiger partial charge in [0.05, 0.1) is 5.56 Å². The van der Waals surface area contributed by atoms with Crippen LogP contribution >= 0.6 is 0 Å². The molecule has 1 fully saturated rings. The average molecular weight is 407 g/mol. The van der Waals surface area contributed by atoms with Crippen molar-refractivity contribution in [2.45, 2.75) is 56.9 Å². The molecule has 28 heavy (non-hydrogen) atoms. The lowest BCUT2D eigenvalue weighted by Crippen LogP contribution is -2.54. The van der Waals surface area contributed by atoms with E-state index >= 15 is 0 Å². The quantitative estimate of drug-likeness (QED) is 0.716. The van der Waals surface area contributed by atoms with E-state index in [4.69, 9.17) is 5.73 Å². The van der Waals surface area contributed by atoms with E-state index in [1.54, 1.807) is 6.07 Å². The number of nitrogens with one attached hydrogen (secondary N) is 1. The lowest BCUT2D eigenvalue weighted by Gasteiger charge is -2.43. The number of nitrogens with two attached hydrogens (primary N) is 1. The minimum atomic E-state index is -3.24. The zero-order valence-electron chi connectivity index (χ0n) is 16.9. The molecule has 0 bridgehead atoms. The van der Waals surface area contributed by atoms with E-state index < -0.39 is 21.1 Å².